The van der Waals surface area contributed by atoms with Crippen LogP contribution in [0, 0.1) is 6.92 Å². The molecule has 0 heterocycles. The third kappa shape index (κ3) is 4.74. The quantitative estimate of drug-likeness (QED) is 0.458. The van der Waals surface area contributed by atoms with Crippen molar-refractivity contribution in [1.82, 2.24) is 4.90 Å². The van der Waals surface area contributed by atoms with Crippen LogP contribution in [0.5, 0.6) is 5.75 Å². The van der Waals surface area contributed by atoms with Crippen molar-refractivity contribution < 1.29 is 23.8 Å². The molecule has 0 aliphatic rings. The molecular weight excluding hydrogens is 298 g/mol. The van der Waals surface area contributed by atoms with Gasteiger partial charge in [-0.3, -0.25) is 0 Å². The van der Waals surface area contributed by atoms with E-state index >= 15 is 0 Å². The summed E-state index contributed by atoms with van der Waals surface area (Å²) < 4.78 is 15.1. The van der Waals surface area contributed by atoms with Gasteiger partial charge in [-0.2, -0.15) is 0 Å². The van der Waals surface area contributed by atoms with Gasteiger partial charge in [0.25, 0.3) is 0 Å². The van der Waals surface area contributed by atoms with E-state index < -0.39 is 12.1 Å². The van der Waals surface area contributed by atoms with Crippen LogP contribution in [-0.2, 0) is 14.3 Å². The number of rotatable bonds is 6. The Morgan fingerprint density at radius 1 is 1.17 bits per heavy atom. The summed E-state index contributed by atoms with van der Waals surface area (Å²) in [7, 11) is 2.74. The summed E-state index contributed by atoms with van der Waals surface area (Å²) in [6, 6.07) is 5.08. The molecule has 126 valence electrons. The van der Waals surface area contributed by atoms with Gasteiger partial charge < -0.3 is 19.1 Å². The lowest BCUT2D eigenvalue weighted by molar-refractivity contribution is -0.133. The maximum atomic E-state index is 12.0. The molecular formula is C17H23NO5. The monoisotopic (exact) mass is 321 g/mol. The molecule has 0 N–H and O–H groups in total. The number of esters is 1. The second-order valence-corrected chi connectivity index (χ2v) is 4.78. The number of amides is 1. The SMILES string of the molecule is CCN(CC)C(=O)Oc1ccc(C)c(/C(=C\OC)C(=O)OC)c1. The van der Waals surface area contributed by atoms with Gasteiger partial charge in [0, 0.05) is 13.1 Å². The van der Waals surface area contributed by atoms with Crippen LogP contribution < -0.4 is 4.74 Å². The molecule has 0 saturated carbocycles. The Kier molecular flexibility index (Phi) is 7.12. The van der Waals surface area contributed by atoms with Crippen molar-refractivity contribution in [2.75, 3.05) is 27.3 Å². The van der Waals surface area contributed by atoms with Gasteiger partial charge in [-0.05, 0) is 44.0 Å². The van der Waals surface area contributed by atoms with E-state index in [1.807, 2.05) is 20.8 Å². The van der Waals surface area contributed by atoms with Crippen molar-refractivity contribution in [3.63, 3.8) is 0 Å². The van der Waals surface area contributed by atoms with E-state index in [0.29, 0.717) is 24.4 Å². The average Bonchev–Trinajstić information content (AvgIpc) is 2.55. The van der Waals surface area contributed by atoms with Crippen LogP contribution in [0.2, 0.25) is 0 Å². The first-order chi connectivity index (χ1) is 11.0. The van der Waals surface area contributed by atoms with E-state index in [4.69, 9.17) is 14.2 Å². The number of carbonyl (C=O) groups is 2. The van der Waals surface area contributed by atoms with E-state index in [1.54, 1.807) is 23.1 Å². The van der Waals surface area contributed by atoms with Gasteiger partial charge in [0.1, 0.15) is 11.3 Å². The molecule has 0 fully saturated rings. The van der Waals surface area contributed by atoms with Crippen LogP contribution in [0.3, 0.4) is 0 Å². The number of hydrogen-bond donors (Lipinski definition) is 0. The highest BCUT2D eigenvalue weighted by molar-refractivity contribution is 6.16. The van der Waals surface area contributed by atoms with Crippen molar-refractivity contribution in [2.24, 2.45) is 0 Å². The molecule has 0 unspecified atom stereocenters. The maximum Gasteiger partial charge on any atom is 0.415 e. The fourth-order valence-corrected chi connectivity index (χ4v) is 2.05. The van der Waals surface area contributed by atoms with Crippen molar-refractivity contribution in [3.8, 4) is 5.75 Å². The van der Waals surface area contributed by atoms with Crippen molar-refractivity contribution >= 4 is 17.6 Å². The van der Waals surface area contributed by atoms with E-state index in [2.05, 4.69) is 0 Å². The van der Waals surface area contributed by atoms with E-state index in [0.717, 1.165) is 5.56 Å². The Morgan fingerprint density at radius 3 is 2.35 bits per heavy atom. The first kappa shape index (κ1) is 18.5. The Morgan fingerprint density at radius 2 is 1.83 bits per heavy atom. The molecule has 23 heavy (non-hydrogen) atoms. The average molecular weight is 321 g/mol. The predicted molar refractivity (Wildman–Crippen MR) is 87.1 cm³/mol. The molecule has 0 radical (unpaired) electrons. The Bertz CT molecular complexity index is 591. The third-order valence-electron chi connectivity index (χ3n) is 3.37. The van der Waals surface area contributed by atoms with Crippen molar-refractivity contribution in [1.29, 1.82) is 0 Å². The topological polar surface area (TPSA) is 65.1 Å². The lowest BCUT2D eigenvalue weighted by Crippen LogP contribution is -2.33. The largest absolute Gasteiger partial charge is 0.503 e. The Balaban J connectivity index is 3.14. The summed E-state index contributed by atoms with van der Waals surface area (Å²) in [5.41, 5.74) is 1.68. The van der Waals surface area contributed by atoms with E-state index in [-0.39, 0.29) is 5.57 Å². The maximum absolute atomic E-state index is 12.0. The lowest BCUT2D eigenvalue weighted by Gasteiger charge is -2.18. The van der Waals surface area contributed by atoms with Crippen LogP contribution in [0.15, 0.2) is 24.5 Å². The standard InChI is InChI=1S/C17H23NO5/c1-6-18(7-2)17(20)23-13-9-8-12(3)14(10-13)15(11-21-4)16(19)22-5/h8-11H,6-7H2,1-5H3/b15-11+. The highest BCUT2D eigenvalue weighted by Crippen LogP contribution is 2.25. The van der Waals surface area contributed by atoms with Gasteiger partial charge in [0.2, 0.25) is 0 Å². The van der Waals surface area contributed by atoms with Gasteiger partial charge in [-0.25, -0.2) is 9.59 Å². The molecule has 0 aliphatic carbocycles. The van der Waals surface area contributed by atoms with Crippen LogP contribution in [-0.4, -0.2) is 44.3 Å². The van der Waals surface area contributed by atoms with Gasteiger partial charge in [-0.1, -0.05) is 6.07 Å². The molecule has 6 heteroatoms. The lowest BCUT2D eigenvalue weighted by atomic mass is 10.0. The van der Waals surface area contributed by atoms with E-state index in [1.165, 1.54) is 20.5 Å². The molecule has 0 atom stereocenters. The number of aryl methyl sites for hydroxylation is 1. The summed E-state index contributed by atoms with van der Waals surface area (Å²) in [6.45, 7) is 6.72. The molecule has 0 aliphatic heterocycles. The molecule has 0 aromatic heterocycles. The molecule has 0 spiro atoms. The van der Waals surface area contributed by atoms with Gasteiger partial charge in [0.05, 0.1) is 20.5 Å². The summed E-state index contributed by atoms with van der Waals surface area (Å²) in [5.74, 6) is -0.171. The number of carbonyl (C=O) groups excluding carboxylic acids is 2. The van der Waals surface area contributed by atoms with Crippen LogP contribution in [0.1, 0.15) is 25.0 Å². The minimum Gasteiger partial charge on any atom is -0.503 e. The summed E-state index contributed by atoms with van der Waals surface area (Å²) in [4.78, 5) is 25.5. The minimum absolute atomic E-state index is 0.258. The van der Waals surface area contributed by atoms with Gasteiger partial charge >= 0.3 is 12.1 Å². The molecule has 1 aromatic carbocycles. The Labute approximate surface area is 136 Å². The molecule has 1 rings (SSSR count). The fraction of sp³-hybridized carbons (Fsp3) is 0.412. The molecule has 0 bridgehead atoms. The normalized spacial score (nSPS) is 10.9. The predicted octanol–water partition coefficient (Wildman–Crippen LogP) is 3.00. The highest BCUT2D eigenvalue weighted by atomic mass is 16.6. The zero-order valence-corrected chi connectivity index (χ0v) is 14.2. The Hall–Kier alpha value is -2.50. The number of benzene rings is 1. The minimum atomic E-state index is -0.526. The number of ether oxygens (including phenoxy) is 3. The highest BCUT2D eigenvalue weighted by Gasteiger charge is 2.18. The van der Waals surface area contributed by atoms with Crippen molar-refractivity contribution in [2.45, 2.75) is 20.8 Å². The second kappa shape index (κ2) is 8.82. The van der Waals surface area contributed by atoms with Crippen LogP contribution >= 0.6 is 0 Å². The molecule has 1 amide bonds. The zero-order chi connectivity index (χ0) is 17.4. The number of hydrogen-bond acceptors (Lipinski definition) is 5. The fourth-order valence-electron chi connectivity index (χ4n) is 2.05. The summed E-state index contributed by atoms with van der Waals surface area (Å²) in [5, 5.41) is 0. The number of methoxy groups -OCH3 is 2. The summed E-state index contributed by atoms with van der Waals surface area (Å²) >= 11 is 0. The smallest absolute Gasteiger partial charge is 0.415 e. The first-order valence-corrected chi connectivity index (χ1v) is 7.37. The molecule has 1 aromatic rings. The molecule has 0 saturated heterocycles. The van der Waals surface area contributed by atoms with Crippen LogP contribution in [0.25, 0.3) is 5.57 Å². The second-order valence-electron chi connectivity index (χ2n) is 4.78. The van der Waals surface area contributed by atoms with Crippen molar-refractivity contribution in [3.05, 3.63) is 35.6 Å². The zero-order valence-electron chi connectivity index (χ0n) is 14.2. The third-order valence-corrected chi connectivity index (χ3v) is 3.37. The first-order valence-electron chi connectivity index (χ1n) is 7.37. The molecule has 6 nitrogen and oxygen atoms in total. The van der Waals surface area contributed by atoms with Gasteiger partial charge in [0.15, 0.2) is 0 Å². The number of nitrogens with zero attached hydrogens (tertiary/aromatic N) is 1. The van der Waals surface area contributed by atoms with Crippen LogP contribution in [0.4, 0.5) is 4.79 Å². The summed E-state index contributed by atoms with van der Waals surface area (Å²) in [6.07, 6.45) is 0.879. The van der Waals surface area contributed by atoms with E-state index in [9.17, 15) is 9.59 Å². The van der Waals surface area contributed by atoms with Gasteiger partial charge in [-0.15, -0.1) is 0 Å².